The zero-order chi connectivity index (χ0) is 49.6. The van der Waals surface area contributed by atoms with Crippen LogP contribution in [0.4, 0.5) is 0 Å². The van der Waals surface area contributed by atoms with E-state index in [0.29, 0.717) is 0 Å². The van der Waals surface area contributed by atoms with Gasteiger partial charge in [-0.15, -0.1) is 0 Å². The van der Waals surface area contributed by atoms with Crippen molar-refractivity contribution in [3.05, 3.63) is 320 Å². The highest BCUT2D eigenvalue weighted by Gasteiger charge is 2.46. The lowest BCUT2D eigenvalue weighted by atomic mass is 9.67. The van der Waals surface area contributed by atoms with Gasteiger partial charge in [-0.1, -0.05) is 257 Å². The molecule has 0 N–H and O–H groups in total. The molecule has 10 aromatic carbocycles. The van der Waals surface area contributed by atoms with Crippen LogP contribution in [0.2, 0.25) is 0 Å². The van der Waals surface area contributed by atoms with E-state index in [9.17, 15) is 0 Å². The van der Waals surface area contributed by atoms with Crippen molar-refractivity contribution < 1.29 is 0 Å². The molecule has 0 unspecified atom stereocenters. The van der Waals surface area contributed by atoms with E-state index in [2.05, 4.69) is 284 Å². The quantitative estimate of drug-likeness (QED) is 0.133. The highest BCUT2D eigenvalue weighted by Crippen LogP contribution is 2.57. The van der Waals surface area contributed by atoms with Gasteiger partial charge in [0.25, 0.3) is 0 Å². The van der Waals surface area contributed by atoms with Crippen molar-refractivity contribution in [2.24, 2.45) is 0 Å². The zero-order valence-electron chi connectivity index (χ0n) is 42.6. The molecule has 0 bridgehead atoms. The standard InChI is InChI=1S/C73H58/c1-47-23-31-51(32-24-47)63(53-35-41-61-57-15-7-11-19-65(57)71(3,4)69(61)45-53)43-49-27-37-55(38-28-49)73(67-21-13-9-17-59(67)60-18-10-14-22-68(60)73)56-39-29-50(30-40-56)44-64(52-33-25-48(2)26-34-52)54-36-42-62-58-16-8-12-20-66(58)72(5,6)70(62)46-54/h7-46H,1-6H3. The highest BCUT2D eigenvalue weighted by molar-refractivity contribution is 5.96. The van der Waals surface area contributed by atoms with Crippen LogP contribution < -0.4 is 0 Å². The average molecular weight is 935 g/mol. The summed E-state index contributed by atoms with van der Waals surface area (Å²) in [5.41, 5.74) is 30.1. The molecule has 10 aromatic rings. The molecule has 0 saturated heterocycles. The summed E-state index contributed by atoms with van der Waals surface area (Å²) in [6.07, 6.45) is 4.78. The Hall–Kier alpha value is -8.32. The lowest BCUT2D eigenvalue weighted by Gasteiger charge is -2.34. The molecule has 0 fully saturated rings. The summed E-state index contributed by atoms with van der Waals surface area (Å²) < 4.78 is 0. The molecular formula is C73H58. The van der Waals surface area contributed by atoms with Crippen LogP contribution in [-0.2, 0) is 16.2 Å². The third-order valence-electron chi connectivity index (χ3n) is 16.8. The zero-order valence-corrected chi connectivity index (χ0v) is 42.6. The molecule has 3 aliphatic rings. The summed E-state index contributed by atoms with van der Waals surface area (Å²) in [6, 6.07) is 87.1. The molecule has 3 aliphatic carbocycles. The predicted octanol–water partition coefficient (Wildman–Crippen LogP) is 18.5. The van der Waals surface area contributed by atoms with Gasteiger partial charge in [-0.05, 0) is 161 Å². The molecule has 73 heavy (non-hydrogen) atoms. The molecule has 0 saturated carbocycles. The Morgan fingerprint density at radius 1 is 0.288 bits per heavy atom. The SMILES string of the molecule is Cc1ccc(C(=Cc2ccc(C3(c4ccc(C=C(c5ccc(C)cc5)c5ccc6c(c5)C(C)(C)c5ccccc5-6)cc4)c4ccccc4-c4ccccc43)cc2)c2ccc3c(c2)C(C)(C)c2ccccc2-3)cc1. The summed E-state index contributed by atoms with van der Waals surface area (Å²) in [5.74, 6) is 0. The Labute approximate surface area is 431 Å². The van der Waals surface area contributed by atoms with Gasteiger partial charge in [0.1, 0.15) is 0 Å². The van der Waals surface area contributed by atoms with Crippen molar-refractivity contribution in [3.8, 4) is 33.4 Å². The van der Waals surface area contributed by atoms with Crippen molar-refractivity contribution in [2.45, 2.75) is 57.8 Å². The van der Waals surface area contributed by atoms with Gasteiger partial charge in [-0.3, -0.25) is 0 Å². The van der Waals surface area contributed by atoms with Crippen LogP contribution in [0.5, 0.6) is 0 Å². The Balaban J connectivity index is 0.926. The fourth-order valence-electron chi connectivity index (χ4n) is 12.9. The van der Waals surface area contributed by atoms with Gasteiger partial charge >= 0.3 is 0 Å². The molecule has 350 valence electrons. The first-order chi connectivity index (χ1) is 35.5. The first-order valence-corrected chi connectivity index (χ1v) is 26.0. The molecule has 0 atom stereocenters. The van der Waals surface area contributed by atoms with Crippen molar-refractivity contribution >= 4 is 23.3 Å². The summed E-state index contributed by atoms with van der Waals surface area (Å²) >= 11 is 0. The van der Waals surface area contributed by atoms with Crippen molar-refractivity contribution in [1.82, 2.24) is 0 Å². The first kappa shape index (κ1) is 44.6. The highest BCUT2D eigenvalue weighted by atomic mass is 14.5. The Kier molecular flexibility index (Phi) is 10.3. The van der Waals surface area contributed by atoms with E-state index in [1.807, 2.05) is 0 Å². The van der Waals surface area contributed by atoms with E-state index < -0.39 is 5.41 Å². The summed E-state index contributed by atoms with van der Waals surface area (Å²) in [7, 11) is 0. The molecule has 0 aliphatic heterocycles. The van der Waals surface area contributed by atoms with Crippen LogP contribution in [0, 0.1) is 13.8 Å². The second-order valence-electron chi connectivity index (χ2n) is 21.8. The summed E-state index contributed by atoms with van der Waals surface area (Å²) in [5, 5.41) is 0. The van der Waals surface area contributed by atoms with Crippen molar-refractivity contribution in [1.29, 1.82) is 0 Å². The number of aryl methyl sites for hydroxylation is 2. The van der Waals surface area contributed by atoms with Crippen LogP contribution in [0.15, 0.2) is 231 Å². The second kappa shape index (κ2) is 16.9. The minimum atomic E-state index is -0.529. The van der Waals surface area contributed by atoms with Crippen molar-refractivity contribution in [3.63, 3.8) is 0 Å². The molecule has 0 aromatic heterocycles. The number of hydrogen-bond acceptors (Lipinski definition) is 0. The smallest absolute Gasteiger partial charge is 0.0619 e. The van der Waals surface area contributed by atoms with E-state index in [1.165, 1.54) is 134 Å². The van der Waals surface area contributed by atoms with Gasteiger partial charge in [-0.2, -0.15) is 0 Å². The van der Waals surface area contributed by atoms with Gasteiger partial charge in [0.15, 0.2) is 0 Å². The van der Waals surface area contributed by atoms with Gasteiger partial charge in [0, 0.05) is 10.8 Å². The monoisotopic (exact) mass is 934 g/mol. The molecule has 0 heteroatoms. The Bertz CT molecular complexity index is 3610. The maximum absolute atomic E-state index is 2.45. The van der Waals surface area contributed by atoms with Gasteiger partial charge < -0.3 is 0 Å². The molecule has 0 spiro atoms. The molecule has 0 heterocycles. The Morgan fingerprint density at radius 2 is 0.589 bits per heavy atom. The molecular weight excluding hydrogens is 877 g/mol. The van der Waals surface area contributed by atoms with Crippen LogP contribution in [-0.4, -0.2) is 0 Å². The van der Waals surface area contributed by atoms with Crippen LogP contribution in [0.25, 0.3) is 56.7 Å². The maximum Gasteiger partial charge on any atom is 0.0713 e. The van der Waals surface area contributed by atoms with E-state index in [0.717, 1.165) is 0 Å². The average Bonchev–Trinajstić information content (AvgIpc) is 3.96. The summed E-state index contributed by atoms with van der Waals surface area (Å²) in [6.45, 7) is 13.8. The second-order valence-corrected chi connectivity index (χ2v) is 21.8. The fourth-order valence-corrected chi connectivity index (χ4v) is 12.9. The minimum absolute atomic E-state index is 0.0881. The van der Waals surface area contributed by atoms with Crippen LogP contribution in [0.3, 0.4) is 0 Å². The fraction of sp³-hybridized carbons (Fsp3) is 0.123. The lowest BCUT2D eigenvalue weighted by molar-refractivity contribution is 0.660. The van der Waals surface area contributed by atoms with E-state index in [1.54, 1.807) is 0 Å². The third-order valence-corrected chi connectivity index (χ3v) is 16.8. The molecule has 0 amide bonds. The largest absolute Gasteiger partial charge is 0.0713 e. The van der Waals surface area contributed by atoms with E-state index in [-0.39, 0.29) is 10.8 Å². The first-order valence-electron chi connectivity index (χ1n) is 26.0. The van der Waals surface area contributed by atoms with E-state index in [4.69, 9.17) is 0 Å². The molecule has 0 radical (unpaired) electrons. The number of fused-ring (bicyclic) bond motifs is 9. The normalized spacial score (nSPS) is 15.2. The van der Waals surface area contributed by atoms with E-state index >= 15 is 0 Å². The maximum atomic E-state index is 2.45. The summed E-state index contributed by atoms with van der Waals surface area (Å²) in [4.78, 5) is 0. The van der Waals surface area contributed by atoms with Gasteiger partial charge in [-0.25, -0.2) is 0 Å². The topological polar surface area (TPSA) is 0 Å². The van der Waals surface area contributed by atoms with Gasteiger partial charge in [0.05, 0.1) is 5.41 Å². The third kappa shape index (κ3) is 7.03. The molecule has 0 nitrogen and oxygen atoms in total. The number of hydrogen-bond donors (Lipinski definition) is 0. The molecule has 13 rings (SSSR count). The predicted molar refractivity (Wildman–Crippen MR) is 308 cm³/mol. The Morgan fingerprint density at radius 3 is 0.959 bits per heavy atom. The van der Waals surface area contributed by atoms with Crippen molar-refractivity contribution in [2.75, 3.05) is 0 Å². The lowest BCUT2D eigenvalue weighted by Crippen LogP contribution is -2.28. The van der Waals surface area contributed by atoms with Crippen LogP contribution >= 0.6 is 0 Å². The minimum Gasteiger partial charge on any atom is -0.0619 e. The number of rotatable bonds is 8. The van der Waals surface area contributed by atoms with Gasteiger partial charge in [0.2, 0.25) is 0 Å². The number of benzene rings is 10. The van der Waals surface area contributed by atoms with Crippen LogP contribution in [0.1, 0.15) is 117 Å².